The van der Waals surface area contributed by atoms with Gasteiger partial charge in [-0.1, -0.05) is 6.07 Å². The number of benzene rings is 2. The minimum Gasteiger partial charge on any atom is -0.279 e. The highest BCUT2D eigenvalue weighted by Gasteiger charge is 2.26. The van der Waals surface area contributed by atoms with Gasteiger partial charge in [-0.05, 0) is 76.7 Å². The molecule has 0 saturated carbocycles. The van der Waals surface area contributed by atoms with E-state index in [1.165, 1.54) is 0 Å². The molecule has 0 unspecified atom stereocenters. The van der Waals surface area contributed by atoms with Crippen molar-refractivity contribution < 1.29 is 17.6 Å². The highest BCUT2D eigenvalue weighted by molar-refractivity contribution is 14.1. The first-order valence-electron chi connectivity index (χ1n) is 6.03. The van der Waals surface area contributed by atoms with Gasteiger partial charge in [-0.3, -0.25) is 9.10 Å². The summed E-state index contributed by atoms with van der Waals surface area (Å²) in [4.78, 5) is 11.1. The summed E-state index contributed by atoms with van der Waals surface area (Å²) < 4.78 is 40.0. The molecule has 0 bridgehead atoms. The second-order valence-electron chi connectivity index (χ2n) is 4.30. The minimum atomic E-state index is -4.02. The van der Waals surface area contributed by atoms with E-state index in [9.17, 15) is 17.6 Å². The third kappa shape index (κ3) is 3.96. The van der Waals surface area contributed by atoms with Crippen LogP contribution in [0.5, 0.6) is 0 Å². The molecule has 0 N–H and O–H groups in total. The smallest absolute Gasteiger partial charge is 0.264 e. The lowest BCUT2D eigenvalue weighted by molar-refractivity contribution is -0.110. The topological polar surface area (TPSA) is 54.5 Å². The van der Waals surface area contributed by atoms with Gasteiger partial charge in [0, 0.05) is 3.57 Å². The number of sulfonamides is 1. The van der Waals surface area contributed by atoms with Crippen LogP contribution in [-0.4, -0.2) is 20.2 Å². The van der Waals surface area contributed by atoms with E-state index in [0.29, 0.717) is 5.69 Å². The van der Waals surface area contributed by atoms with E-state index >= 15 is 0 Å². The molecular weight excluding hydrogens is 444 g/mol. The zero-order valence-corrected chi connectivity index (χ0v) is 14.8. The van der Waals surface area contributed by atoms with Gasteiger partial charge in [0.05, 0.1) is 10.6 Å². The summed E-state index contributed by atoms with van der Waals surface area (Å²) in [5.74, 6) is -0.548. The second-order valence-corrected chi connectivity index (χ2v) is 7.83. The molecule has 0 atom stereocenters. The molecule has 0 heterocycles. The van der Waals surface area contributed by atoms with Crippen molar-refractivity contribution in [3.8, 4) is 0 Å². The molecule has 2 aromatic rings. The maximum Gasteiger partial charge on any atom is 0.264 e. The van der Waals surface area contributed by atoms with Gasteiger partial charge in [0.1, 0.15) is 12.4 Å². The Balaban J connectivity index is 2.53. The molecule has 0 aromatic heterocycles. The van der Waals surface area contributed by atoms with Crippen LogP contribution in [0.2, 0.25) is 0 Å². The van der Waals surface area contributed by atoms with Crippen LogP contribution in [-0.2, 0) is 14.8 Å². The Kier molecular flexibility index (Phi) is 5.41. The quantitative estimate of drug-likeness (QED) is 0.515. The third-order valence-corrected chi connectivity index (χ3v) is 5.34. The van der Waals surface area contributed by atoms with Crippen molar-refractivity contribution in [2.45, 2.75) is 4.90 Å². The molecule has 0 radical (unpaired) electrons. The zero-order valence-electron chi connectivity index (χ0n) is 11.0. The van der Waals surface area contributed by atoms with E-state index in [0.717, 1.165) is 32.1 Å². The Morgan fingerprint density at radius 1 is 1.18 bits per heavy atom. The van der Waals surface area contributed by atoms with E-state index in [-0.39, 0.29) is 4.90 Å². The second kappa shape index (κ2) is 6.93. The Bertz CT molecular complexity index is 796. The van der Waals surface area contributed by atoms with Gasteiger partial charge in [0.2, 0.25) is 5.24 Å². The predicted octanol–water partition coefficient (Wildman–Crippen LogP) is 3.39. The fraction of sp³-hybridized carbons (Fsp3) is 0.0714. The molecule has 0 aliphatic carbocycles. The summed E-state index contributed by atoms with van der Waals surface area (Å²) in [6.07, 6.45) is 0. The highest BCUT2D eigenvalue weighted by Crippen LogP contribution is 2.25. The average Bonchev–Trinajstić information content (AvgIpc) is 2.45. The third-order valence-electron chi connectivity index (χ3n) is 2.77. The van der Waals surface area contributed by atoms with Crippen molar-refractivity contribution in [1.29, 1.82) is 0 Å². The van der Waals surface area contributed by atoms with E-state index in [4.69, 9.17) is 11.6 Å². The molecular formula is C14H10ClFINO3S. The Morgan fingerprint density at radius 3 is 2.36 bits per heavy atom. The fourth-order valence-corrected chi connectivity index (χ4v) is 3.92. The highest BCUT2D eigenvalue weighted by atomic mass is 127. The minimum absolute atomic E-state index is 0.120. The lowest BCUT2D eigenvalue weighted by Gasteiger charge is -2.23. The Labute approximate surface area is 146 Å². The summed E-state index contributed by atoms with van der Waals surface area (Å²) >= 11 is 7.40. The monoisotopic (exact) mass is 453 g/mol. The van der Waals surface area contributed by atoms with Gasteiger partial charge in [-0.15, -0.1) is 0 Å². The largest absolute Gasteiger partial charge is 0.279 e. The van der Waals surface area contributed by atoms with Crippen molar-refractivity contribution in [3.63, 3.8) is 0 Å². The molecule has 2 aromatic carbocycles. The molecule has 0 saturated heterocycles. The summed E-state index contributed by atoms with van der Waals surface area (Å²) in [5.41, 5.74) is 0.310. The molecule has 0 aliphatic heterocycles. The molecule has 0 fully saturated rings. The first-order chi connectivity index (χ1) is 10.3. The van der Waals surface area contributed by atoms with Crippen LogP contribution >= 0.6 is 34.2 Å². The van der Waals surface area contributed by atoms with Gasteiger partial charge in [0.15, 0.2) is 0 Å². The molecule has 0 amide bonds. The molecule has 0 aliphatic rings. The summed E-state index contributed by atoms with van der Waals surface area (Å²) in [6.45, 7) is -0.513. The number of halogens is 3. The summed E-state index contributed by atoms with van der Waals surface area (Å²) in [7, 11) is -4.02. The number of nitrogens with zero attached hydrogens (tertiary/aromatic N) is 1. The normalized spacial score (nSPS) is 11.2. The van der Waals surface area contributed by atoms with Crippen LogP contribution in [0.25, 0.3) is 0 Å². The summed E-state index contributed by atoms with van der Waals surface area (Å²) in [5, 5.41) is -0.815. The first kappa shape index (κ1) is 17.2. The van der Waals surface area contributed by atoms with Gasteiger partial charge >= 0.3 is 0 Å². The number of anilines is 1. The molecule has 116 valence electrons. The van der Waals surface area contributed by atoms with Crippen molar-refractivity contribution in [2.24, 2.45) is 0 Å². The van der Waals surface area contributed by atoms with E-state index < -0.39 is 27.6 Å². The molecule has 8 heteroatoms. The predicted molar refractivity (Wildman–Crippen MR) is 91.0 cm³/mol. The van der Waals surface area contributed by atoms with Crippen molar-refractivity contribution in [1.82, 2.24) is 0 Å². The summed E-state index contributed by atoms with van der Waals surface area (Å²) in [6, 6.07) is 11.0. The van der Waals surface area contributed by atoms with Crippen LogP contribution in [0.4, 0.5) is 10.1 Å². The number of carbonyl (C=O) groups excluding carboxylic acids is 1. The van der Waals surface area contributed by atoms with Crippen LogP contribution in [0.3, 0.4) is 0 Å². The number of hydrogen-bond donors (Lipinski definition) is 0. The van der Waals surface area contributed by atoms with Gasteiger partial charge in [-0.25, -0.2) is 12.8 Å². The standard InChI is InChI=1S/C14H10ClFINO3S/c15-14(19)9-18(12-3-1-2-11(17)8-12)22(20,21)13-6-4-10(16)5-7-13/h1-8H,9H2. The van der Waals surface area contributed by atoms with Crippen LogP contribution in [0.1, 0.15) is 0 Å². The van der Waals surface area contributed by atoms with E-state index in [1.54, 1.807) is 24.3 Å². The lowest BCUT2D eigenvalue weighted by atomic mass is 10.3. The molecule has 22 heavy (non-hydrogen) atoms. The first-order valence-corrected chi connectivity index (χ1v) is 8.92. The van der Waals surface area contributed by atoms with Crippen LogP contribution < -0.4 is 4.31 Å². The number of hydrogen-bond acceptors (Lipinski definition) is 3. The Hall–Kier alpha value is -1.19. The maximum absolute atomic E-state index is 13.0. The maximum atomic E-state index is 13.0. The fourth-order valence-electron chi connectivity index (χ4n) is 1.79. The van der Waals surface area contributed by atoms with Gasteiger partial charge < -0.3 is 0 Å². The van der Waals surface area contributed by atoms with Crippen LogP contribution in [0.15, 0.2) is 53.4 Å². The van der Waals surface area contributed by atoms with Crippen LogP contribution in [0, 0.1) is 9.39 Å². The average molecular weight is 454 g/mol. The molecule has 0 spiro atoms. The zero-order chi connectivity index (χ0) is 16.3. The number of rotatable bonds is 5. The SMILES string of the molecule is O=C(Cl)CN(c1cccc(I)c1)S(=O)(=O)c1ccc(F)cc1. The number of carbonyl (C=O) groups is 1. The van der Waals surface area contributed by atoms with Crippen molar-refractivity contribution >= 4 is 55.1 Å². The van der Waals surface area contributed by atoms with E-state index in [1.807, 2.05) is 22.6 Å². The van der Waals surface area contributed by atoms with Crippen molar-refractivity contribution in [3.05, 3.63) is 57.9 Å². The van der Waals surface area contributed by atoms with Gasteiger partial charge in [-0.2, -0.15) is 0 Å². The lowest BCUT2D eigenvalue weighted by Crippen LogP contribution is -2.34. The molecule has 4 nitrogen and oxygen atoms in total. The molecule has 2 rings (SSSR count). The van der Waals surface area contributed by atoms with Gasteiger partial charge in [0.25, 0.3) is 10.0 Å². The van der Waals surface area contributed by atoms with Crippen molar-refractivity contribution in [2.75, 3.05) is 10.8 Å². The van der Waals surface area contributed by atoms with E-state index in [2.05, 4.69) is 0 Å². The Morgan fingerprint density at radius 2 is 1.82 bits per heavy atom.